The molecule has 0 bridgehead atoms. The third-order valence-corrected chi connectivity index (χ3v) is 0. The van der Waals surface area contributed by atoms with Gasteiger partial charge in [0.15, 0.2) is 0 Å². The van der Waals surface area contributed by atoms with Gasteiger partial charge in [-0.1, -0.05) is 0 Å². The molecule has 0 aliphatic rings. The second-order valence-electron chi connectivity index (χ2n) is 0.751. The van der Waals surface area contributed by atoms with Crippen LogP contribution in [0.2, 0.25) is 0 Å². The number of hydrogen-bond donors (Lipinski definition) is 3. The van der Waals surface area contributed by atoms with E-state index in [1.165, 1.54) is 0 Å². The van der Waals surface area contributed by atoms with E-state index in [-0.39, 0.29) is 59.1 Å². The summed E-state index contributed by atoms with van der Waals surface area (Å²) in [6, 6.07) is 0. The van der Waals surface area contributed by atoms with Crippen LogP contribution in [0.25, 0.3) is 0 Å². The van der Waals surface area contributed by atoms with Gasteiger partial charge in [0.2, 0.25) is 0 Å². The fourth-order valence-electron chi connectivity index (χ4n) is 0. The Morgan fingerprint density at radius 1 is 1.18 bits per heavy atom. The molecule has 0 heterocycles. The van der Waals surface area contributed by atoms with Gasteiger partial charge in [0, 0.05) is 0 Å². The minimum Gasteiger partial charge on any atom is -0.790 e. The third kappa shape index (κ3) is 253. The van der Waals surface area contributed by atoms with Gasteiger partial charge in [0.25, 0.3) is 0 Å². The van der Waals surface area contributed by atoms with Crippen molar-refractivity contribution < 1.29 is 92.7 Å². The molecule has 0 fully saturated rings. The molecule has 0 aliphatic carbocycles. The number of hydrogen-bond acceptors (Lipinski definition) is 4. The number of phosphoric acid groups is 1. The van der Waals surface area contributed by atoms with Crippen molar-refractivity contribution >= 4 is 16.1 Å². The molecule has 0 aromatic carbocycles. The largest absolute Gasteiger partial charge is 1.00 e. The fourth-order valence-corrected chi connectivity index (χ4v) is 0. The Balaban J connectivity index is -0.0000000383. The van der Waals surface area contributed by atoms with Gasteiger partial charge < -0.3 is 29.0 Å². The Kier molecular flexibility index (Phi) is 25.9. The predicted molar refractivity (Wildman–Crippen MR) is 23.3 cm³/mol. The SMILES string of the molecule is O=P([O-])([O-])O.O=[PH](O)O.[Na+].[Na+]. The molecule has 0 atom stereocenters. The van der Waals surface area contributed by atoms with E-state index >= 15 is 0 Å². The van der Waals surface area contributed by atoms with Crippen LogP contribution in [0.1, 0.15) is 0 Å². The van der Waals surface area contributed by atoms with E-state index in [1.54, 1.807) is 0 Å². The summed E-state index contributed by atoms with van der Waals surface area (Å²) in [5.41, 5.74) is 0. The monoisotopic (exact) mass is 224 g/mol. The maximum absolute atomic E-state index is 8.74. The summed E-state index contributed by atoms with van der Waals surface area (Å²) in [5, 5.41) is 0. The summed E-state index contributed by atoms with van der Waals surface area (Å²) >= 11 is 0. The van der Waals surface area contributed by atoms with E-state index in [9.17, 15) is 0 Å². The normalized spacial score (nSPS) is 8.55. The summed E-state index contributed by atoms with van der Waals surface area (Å²) in [7, 11) is -8.27. The molecule has 11 heavy (non-hydrogen) atoms. The molecule has 0 aliphatic heterocycles. The average molecular weight is 224 g/mol. The molecule has 0 aromatic rings. The first-order valence-corrected chi connectivity index (χ1v) is 4.20. The van der Waals surface area contributed by atoms with Crippen LogP contribution in [-0.4, -0.2) is 14.7 Å². The zero-order valence-corrected chi connectivity index (χ0v) is 11.8. The molecular formula is H4Na2O7P2. The quantitative estimate of drug-likeness (QED) is 0.274. The summed E-state index contributed by atoms with van der Waals surface area (Å²) in [6.07, 6.45) is 0. The standard InChI is InChI=1S/2Na.H3O4P.H3O3P/c;;1-5(2,3)4;1-4(2)3/h;;(H3,1,2,3,4);4H,(H2,1,2,3)/q2*+1;;/p-2. The Morgan fingerprint density at radius 2 is 1.18 bits per heavy atom. The zero-order valence-electron chi connectivity index (χ0n) is 5.92. The Morgan fingerprint density at radius 3 is 1.18 bits per heavy atom. The molecule has 7 nitrogen and oxygen atoms in total. The Bertz CT molecular complexity index is 114. The summed E-state index contributed by atoms with van der Waals surface area (Å²) in [4.78, 5) is 38.6. The Hall–Kier alpha value is 2.26. The molecule has 3 N–H and O–H groups in total. The van der Waals surface area contributed by atoms with Crippen molar-refractivity contribution in [1.82, 2.24) is 0 Å². The van der Waals surface area contributed by atoms with Crippen molar-refractivity contribution in [2.45, 2.75) is 0 Å². The average Bonchev–Trinajstić information content (AvgIpc) is 1.19. The molecule has 58 valence electrons. The fraction of sp³-hybridized carbons (Fsp3) is 0. The molecular weight excluding hydrogens is 220 g/mol. The van der Waals surface area contributed by atoms with Crippen LogP contribution in [0.3, 0.4) is 0 Å². The predicted octanol–water partition coefficient (Wildman–Crippen LogP) is -8.82. The second-order valence-corrected chi connectivity index (χ2v) is 2.25. The van der Waals surface area contributed by atoms with E-state index in [2.05, 4.69) is 0 Å². The van der Waals surface area contributed by atoms with Crippen LogP contribution in [-0.2, 0) is 9.13 Å². The summed E-state index contributed by atoms with van der Waals surface area (Å²) < 4.78 is 17.4. The van der Waals surface area contributed by atoms with Crippen molar-refractivity contribution in [2.24, 2.45) is 0 Å². The summed E-state index contributed by atoms with van der Waals surface area (Å²) in [6.45, 7) is 0. The second kappa shape index (κ2) is 12.3. The molecule has 0 saturated carbocycles. The minimum absolute atomic E-state index is 0. The van der Waals surface area contributed by atoms with Crippen molar-refractivity contribution in [3.05, 3.63) is 0 Å². The van der Waals surface area contributed by atoms with Crippen molar-refractivity contribution in [3.8, 4) is 0 Å². The maximum atomic E-state index is 8.74. The first-order valence-electron chi connectivity index (χ1n) is 1.40. The van der Waals surface area contributed by atoms with Gasteiger partial charge in [-0.15, -0.1) is 0 Å². The van der Waals surface area contributed by atoms with Crippen LogP contribution in [0.5, 0.6) is 0 Å². The van der Waals surface area contributed by atoms with E-state index < -0.39 is 16.1 Å². The Labute approximate surface area is 108 Å². The minimum atomic E-state index is -5.14. The first-order chi connectivity index (χ1) is 3.73. The van der Waals surface area contributed by atoms with Crippen molar-refractivity contribution in [2.75, 3.05) is 0 Å². The van der Waals surface area contributed by atoms with E-state index in [1.807, 2.05) is 0 Å². The molecule has 0 amide bonds. The molecule has 0 spiro atoms. The molecule has 0 unspecified atom stereocenters. The number of rotatable bonds is 0. The zero-order chi connectivity index (χ0) is 8.08. The van der Waals surface area contributed by atoms with Crippen molar-refractivity contribution in [1.29, 1.82) is 0 Å². The van der Waals surface area contributed by atoms with Crippen LogP contribution >= 0.6 is 16.1 Å². The van der Waals surface area contributed by atoms with Crippen LogP contribution in [0.4, 0.5) is 0 Å². The van der Waals surface area contributed by atoms with Crippen molar-refractivity contribution in [3.63, 3.8) is 0 Å². The molecule has 0 aromatic heterocycles. The van der Waals surface area contributed by atoms with Gasteiger partial charge >= 0.3 is 67.4 Å². The molecule has 11 heteroatoms. The van der Waals surface area contributed by atoms with E-state index in [0.29, 0.717) is 0 Å². The van der Waals surface area contributed by atoms with Crippen LogP contribution in [0, 0.1) is 0 Å². The van der Waals surface area contributed by atoms with Gasteiger partial charge in [-0.25, -0.2) is 0 Å². The molecule has 0 radical (unpaired) electrons. The summed E-state index contributed by atoms with van der Waals surface area (Å²) in [5.74, 6) is 0. The van der Waals surface area contributed by atoms with E-state index in [0.717, 1.165) is 0 Å². The molecule has 0 saturated heterocycles. The molecule has 0 rings (SSSR count). The third-order valence-electron chi connectivity index (χ3n) is 0. The van der Waals surface area contributed by atoms with Gasteiger partial charge in [-0.05, 0) is 0 Å². The van der Waals surface area contributed by atoms with Gasteiger partial charge in [0.05, 0.1) is 7.82 Å². The van der Waals surface area contributed by atoms with E-state index in [4.69, 9.17) is 33.6 Å². The van der Waals surface area contributed by atoms with Gasteiger partial charge in [0.1, 0.15) is 0 Å². The van der Waals surface area contributed by atoms with Gasteiger partial charge in [-0.3, -0.25) is 4.57 Å². The topological polar surface area (TPSA) is 141 Å². The van der Waals surface area contributed by atoms with Gasteiger partial charge in [-0.2, -0.15) is 0 Å². The maximum Gasteiger partial charge on any atom is 1.00 e. The van der Waals surface area contributed by atoms with Crippen LogP contribution in [0.15, 0.2) is 0 Å². The van der Waals surface area contributed by atoms with Crippen LogP contribution < -0.4 is 68.9 Å². The smallest absolute Gasteiger partial charge is 0.790 e. The first kappa shape index (κ1) is 23.2.